The zero-order chi connectivity index (χ0) is 19.0. The van der Waals surface area contributed by atoms with E-state index in [2.05, 4.69) is 15.3 Å². The maximum Gasteiger partial charge on any atom is 0.277 e. The molecule has 8 heteroatoms. The number of aliphatic hydroxyl groups is 1. The van der Waals surface area contributed by atoms with E-state index in [0.717, 1.165) is 21.5 Å². The summed E-state index contributed by atoms with van der Waals surface area (Å²) in [6, 6.07) is 12.8. The molecule has 0 radical (unpaired) electrons. The molecular formula is C19H15ClN4O3. The van der Waals surface area contributed by atoms with Crippen molar-refractivity contribution < 1.29 is 14.7 Å². The van der Waals surface area contributed by atoms with E-state index in [1.54, 1.807) is 18.2 Å². The monoisotopic (exact) mass is 382 g/mol. The van der Waals surface area contributed by atoms with E-state index in [-0.39, 0.29) is 18.8 Å². The first-order valence-corrected chi connectivity index (χ1v) is 8.64. The molecule has 1 aliphatic rings. The van der Waals surface area contributed by atoms with Gasteiger partial charge in [0.15, 0.2) is 0 Å². The molecule has 0 saturated heterocycles. The number of hydrogen-bond acceptors (Lipinski definition) is 5. The Morgan fingerprint density at radius 3 is 2.67 bits per heavy atom. The number of imidazole rings is 1. The second-order valence-corrected chi connectivity index (χ2v) is 6.46. The topological polar surface area (TPSA) is 98.3 Å². The molecule has 4 rings (SSSR count). The number of nitrogens with one attached hydrogen (secondary N) is 2. The number of β-amino-alcohol motifs (C(OH)–C–C–N with tert-alkyl or cyclic N) is 1. The van der Waals surface area contributed by atoms with Crippen molar-refractivity contribution in [1.82, 2.24) is 14.9 Å². The molecule has 0 atom stereocenters. The molecule has 136 valence electrons. The fourth-order valence-corrected chi connectivity index (χ4v) is 3.02. The van der Waals surface area contributed by atoms with Crippen molar-refractivity contribution in [2.45, 2.75) is 0 Å². The first kappa shape index (κ1) is 17.3. The van der Waals surface area contributed by atoms with Gasteiger partial charge in [0, 0.05) is 22.3 Å². The number of benzene rings is 2. The SMILES string of the molecule is O=C1C=C(Nc2ccc3nc(-c4ccc(Cl)cc4)[nH]c3c2)C(=O)N1CCO. The number of aliphatic hydroxyl groups excluding tert-OH is 1. The minimum atomic E-state index is -0.458. The average molecular weight is 383 g/mol. The zero-order valence-electron chi connectivity index (χ0n) is 14.1. The van der Waals surface area contributed by atoms with Gasteiger partial charge in [-0.2, -0.15) is 0 Å². The number of carbonyl (C=O) groups is 2. The molecule has 0 fully saturated rings. The van der Waals surface area contributed by atoms with Crippen LogP contribution in [0.5, 0.6) is 0 Å². The third-order valence-electron chi connectivity index (χ3n) is 4.21. The van der Waals surface area contributed by atoms with Crippen LogP contribution < -0.4 is 5.32 Å². The van der Waals surface area contributed by atoms with Crippen molar-refractivity contribution in [2.75, 3.05) is 18.5 Å². The molecule has 2 heterocycles. The van der Waals surface area contributed by atoms with E-state index in [0.29, 0.717) is 16.5 Å². The molecule has 0 saturated carbocycles. The second kappa shape index (κ2) is 6.86. The van der Waals surface area contributed by atoms with Crippen molar-refractivity contribution >= 4 is 40.1 Å². The van der Waals surface area contributed by atoms with Crippen LogP contribution in [0.1, 0.15) is 0 Å². The molecule has 1 aliphatic heterocycles. The molecule has 1 aromatic heterocycles. The number of anilines is 1. The highest BCUT2D eigenvalue weighted by molar-refractivity contribution is 6.30. The zero-order valence-corrected chi connectivity index (χ0v) is 14.8. The number of aromatic nitrogens is 2. The summed E-state index contributed by atoms with van der Waals surface area (Å²) in [6.45, 7) is -0.296. The fourth-order valence-electron chi connectivity index (χ4n) is 2.90. The molecular weight excluding hydrogens is 368 g/mol. The summed E-state index contributed by atoms with van der Waals surface area (Å²) in [5.74, 6) is -0.191. The molecule has 0 aliphatic carbocycles. The van der Waals surface area contributed by atoms with Crippen LogP contribution in [0.2, 0.25) is 5.02 Å². The largest absolute Gasteiger partial charge is 0.395 e. The number of hydrogen-bond donors (Lipinski definition) is 3. The van der Waals surface area contributed by atoms with Crippen LogP contribution in [0.3, 0.4) is 0 Å². The molecule has 2 aromatic carbocycles. The Labute approximate surface area is 159 Å². The summed E-state index contributed by atoms with van der Waals surface area (Å²) in [5.41, 5.74) is 3.28. The van der Waals surface area contributed by atoms with Gasteiger partial charge in [0.2, 0.25) is 0 Å². The number of amides is 2. The molecule has 0 unspecified atom stereocenters. The van der Waals surface area contributed by atoms with Gasteiger partial charge in [-0.25, -0.2) is 4.98 Å². The van der Waals surface area contributed by atoms with Crippen LogP contribution in [-0.2, 0) is 9.59 Å². The van der Waals surface area contributed by atoms with Gasteiger partial charge in [0.25, 0.3) is 11.8 Å². The van der Waals surface area contributed by atoms with Crippen molar-refractivity contribution in [1.29, 1.82) is 0 Å². The molecule has 3 N–H and O–H groups in total. The predicted molar refractivity (Wildman–Crippen MR) is 102 cm³/mol. The van der Waals surface area contributed by atoms with Crippen LogP contribution in [0, 0.1) is 0 Å². The van der Waals surface area contributed by atoms with Gasteiger partial charge in [-0.1, -0.05) is 11.6 Å². The molecule has 0 bridgehead atoms. The quantitative estimate of drug-likeness (QED) is 0.589. The van der Waals surface area contributed by atoms with Gasteiger partial charge >= 0.3 is 0 Å². The molecule has 2 amide bonds. The van der Waals surface area contributed by atoms with Crippen molar-refractivity contribution in [3.63, 3.8) is 0 Å². The molecule has 0 spiro atoms. The molecule has 7 nitrogen and oxygen atoms in total. The van der Waals surface area contributed by atoms with Gasteiger partial charge in [-0.15, -0.1) is 0 Å². The van der Waals surface area contributed by atoms with Crippen LogP contribution in [-0.4, -0.2) is 44.9 Å². The van der Waals surface area contributed by atoms with E-state index in [9.17, 15) is 9.59 Å². The Morgan fingerprint density at radius 1 is 1.15 bits per heavy atom. The fraction of sp³-hybridized carbons (Fsp3) is 0.105. The minimum absolute atomic E-state index is 0.0244. The first-order chi connectivity index (χ1) is 13.0. The highest BCUT2D eigenvalue weighted by atomic mass is 35.5. The number of H-pyrrole nitrogens is 1. The number of imide groups is 1. The Hall–Kier alpha value is -3.16. The maximum atomic E-state index is 12.2. The lowest BCUT2D eigenvalue weighted by atomic mass is 10.2. The lowest BCUT2D eigenvalue weighted by molar-refractivity contribution is -0.137. The van der Waals surface area contributed by atoms with Crippen molar-refractivity contribution in [3.05, 3.63) is 59.3 Å². The minimum Gasteiger partial charge on any atom is -0.395 e. The van der Waals surface area contributed by atoms with Gasteiger partial charge in [-0.3, -0.25) is 14.5 Å². The van der Waals surface area contributed by atoms with E-state index in [1.807, 2.05) is 24.3 Å². The summed E-state index contributed by atoms with van der Waals surface area (Å²) in [6.07, 6.45) is 1.23. The van der Waals surface area contributed by atoms with Crippen LogP contribution in [0.25, 0.3) is 22.4 Å². The van der Waals surface area contributed by atoms with Gasteiger partial charge in [-0.05, 0) is 42.5 Å². The van der Waals surface area contributed by atoms with Crippen LogP contribution >= 0.6 is 11.6 Å². The summed E-state index contributed by atoms with van der Waals surface area (Å²) >= 11 is 5.92. The lowest BCUT2D eigenvalue weighted by Gasteiger charge is -2.13. The number of fused-ring (bicyclic) bond motifs is 1. The Morgan fingerprint density at radius 2 is 1.93 bits per heavy atom. The normalized spacial score (nSPS) is 14.1. The predicted octanol–water partition coefficient (Wildman–Crippen LogP) is 2.54. The number of halogens is 1. The summed E-state index contributed by atoms with van der Waals surface area (Å²) in [7, 11) is 0. The molecule has 27 heavy (non-hydrogen) atoms. The number of nitrogens with zero attached hydrogens (tertiary/aromatic N) is 2. The standard InChI is InChI=1S/C19H15ClN4O3/c20-12-3-1-11(2-4-12)18-22-14-6-5-13(9-15(14)23-18)21-16-10-17(26)24(7-8-25)19(16)27/h1-6,9-10,21,25H,7-8H2,(H,22,23). The van der Waals surface area contributed by atoms with E-state index >= 15 is 0 Å². The smallest absolute Gasteiger partial charge is 0.277 e. The second-order valence-electron chi connectivity index (χ2n) is 6.03. The number of aromatic amines is 1. The van der Waals surface area contributed by atoms with E-state index < -0.39 is 11.8 Å². The average Bonchev–Trinajstić information content (AvgIpc) is 3.19. The van der Waals surface area contributed by atoms with Gasteiger partial charge in [0.1, 0.15) is 11.5 Å². The third-order valence-corrected chi connectivity index (χ3v) is 4.46. The van der Waals surface area contributed by atoms with Gasteiger partial charge in [0.05, 0.1) is 24.2 Å². The number of rotatable bonds is 5. The highest BCUT2D eigenvalue weighted by Gasteiger charge is 2.30. The van der Waals surface area contributed by atoms with Crippen LogP contribution in [0.4, 0.5) is 5.69 Å². The lowest BCUT2D eigenvalue weighted by Crippen LogP contribution is -2.34. The first-order valence-electron chi connectivity index (χ1n) is 8.26. The van der Waals surface area contributed by atoms with Crippen LogP contribution in [0.15, 0.2) is 54.2 Å². The third kappa shape index (κ3) is 3.30. The number of carbonyl (C=O) groups excluding carboxylic acids is 2. The summed E-state index contributed by atoms with van der Waals surface area (Å²) < 4.78 is 0. The van der Waals surface area contributed by atoms with Gasteiger partial charge < -0.3 is 15.4 Å². The molecule has 3 aromatic rings. The Balaban J connectivity index is 1.59. The summed E-state index contributed by atoms with van der Waals surface area (Å²) in [5, 5.41) is 12.6. The summed E-state index contributed by atoms with van der Waals surface area (Å²) in [4.78, 5) is 32.8. The maximum absolute atomic E-state index is 12.2. The van der Waals surface area contributed by atoms with E-state index in [1.165, 1.54) is 6.08 Å². The van der Waals surface area contributed by atoms with Crippen molar-refractivity contribution in [3.8, 4) is 11.4 Å². The highest BCUT2D eigenvalue weighted by Crippen LogP contribution is 2.25. The van der Waals surface area contributed by atoms with Crippen molar-refractivity contribution in [2.24, 2.45) is 0 Å². The Kier molecular flexibility index (Phi) is 4.39. The van der Waals surface area contributed by atoms with E-state index in [4.69, 9.17) is 16.7 Å². The Bertz CT molecular complexity index is 1070.